The Morgan fingerprint density at radius 3 is 2.74 bits per heavy atom. The van der Waals surface area contributed by atoms with Crippen LogP contribution in [0.2, 0.25) is 5.02 Å². The van der Waals surface area contributed by atoms with Gasteiger partial charge in [-0.05, 0) is 19.4 Å². The van der Waals surface area contributed by atoms with E-state index < -0.39 is 14.9 Å². The highest BCUT2D eigenvalue weighted by Gasteiger charge is 2.20. The average molecular weight is 305 g/mol. The van der Waals surface area contributed by atoms with E-state index in [-0.39, 0.29) is 22.2 Å². The molecule has 104 valence electrons. The first-order valence-electron chi connectivity index (χ1n) is 5.43. The van der Waals surface area contributed by atoms with Crippen molar-refractivity contribution in [3.63, 3.8) is 0 Å². The van der Waals surface area contributed by atoms with Crippen LogP contribution in [-0.2, 0) is 10.0 Å². The predicted molar refractivity (Wildman–Crippen MR) is 72.7 cm³/mol. The lowest BCUT2D eigenvalue weighted by Crippen LogP contribution is -2.24. The summed E-state index contributed by atoms with van der Waals surface area (Å²) >= 11 is 5.77. The predicted octanol–water partition coefficient (Wildman–Crippen LogP) is 2.49. The Labute approximate surface area is 116 Å². The number of allylic oxidation sites excluding steroid dienone is 1. The van der Waals surface area contributed by atoms with Crippen LogP contribution in [0.1, 0.15) is 13.3 Å². The van der Waals surface area contributed by atoms with Gasteiger partial charge in [0.1, 0.15) is 4.90 Å². The molecule has 1 rings (SSSR count). The summed E-state index contributed by atoms with van der Waals surface area (Å²) in [6.45, 7) is 2.03. The van der Waals surface area contributed by atoms with Gasteiger partial charge in [0.25, 0.3) is 5.69 Å². The Morgan fingerprint density at radius 1 is 1.47 bits per heavy atom. The van der Waals surface area contributed by atoms with Crippen molar-refractivity contribution in [1.29, 1.82) is 0 Å². The van der Waals surface area contributed by atoms with E-state index in [0.29, 0.717) is 6.42 Å². The number of halogens is 1. The molecule has 0 unspecified atom stereocenters. The molecule has 0 aliphatic rings. The standard InChI is InChI=1S/C11H13ClN2O4S/c1-2-3-4-7-13-19(17,18)11-8-9(14(15)16)5-6-10(11)12/h2-3,5-6,8,13H,4,7H2,1H3/b3-2+. The Morgan fingerprint density at radius 2 is 2.16 bits per heavy atom. The maximum absolute atomic E-state index is 11.9. The van der Waals surface area contributed by atoms with Gasteiger partial charge < -0.3 is 0 Å². The summed E-state index contributed by atoms with van der Waals surface area (Å²) in [7, 11) is -3.85. The summed E-state index contributed by atoms with van der Waals surface area (Å²) in [5.74, 6) is 0. The molecule has 0 saturated heterocycles. The number of benzene rings is 1. The number of hydrogen-bond donors (Lipinski definition) is 1. The van der Waals surface area contributed by atoms with Gasteiger partial charge in [0.15, 0.2) is 0 Å². The van der Waals surface area contributed by atoms with Gasteiger partial charge in [0.2, 0.25) is 10.0 Å². The van der Waals surface area contributed by atoms with Crippen LogP contribution in [0.4, 0.5) is 5.69 Å². The second-order valence-electron chi connectivity index (χ2n) is 3.63. The average Bonchev–Trinajstić information content (AvgIpc) is 2.34. The largest absolute Gasteiger partial charge is 0.270 e. The van der Waals surface area contributed by atoms with Crippen molar-refractivity contribution >= 4 is 27.3 Å². The van der Waals surface area contributed by atoms with Crippen molar-refractivity contribution in [2.75, 3.05) is 6.54 Å². The maximum atomic E-state index is 11.9. The number of nitro groups is 1. The first-order chi connectivity index (χ1) is 8.88. The van der Waals surface area contributed by atoms with Crippen LogP contribution < -0.4 is 4.72 Å². The smallest absolute Gasteiger partial charge is 0.258 e. The molecule has 6 nitrogen and oxygen atoms in total. The normalized spacial score (nSPS) is 11.9. The molecule has 0 radical (unpaired) electrons. The molecule has 0 amide bonds. The molecule has 0 aliphatic carbocycles. The van der Waals surface area contributed by atoms with E-state index in [1.54, 1.807) is 12.2 Å². The highest BCUT2D eigenvalue weighted by atomic mass is 35.5. The van der Waals surface area contributed by atoms with Crippen molar-refractivity contribution in [3.05, 3.63) is 45.5 Å². The number of nitrogens with one attached hydrogen (secondary N) is 1. The van der Waals surface area contributed by atoms with Crippen LogP contribution in [-0.4, -0.2) is 19.9 Å². The summed E-state index contributed by atoms with van der Waals surface area (Å²) in [4.78, 5) is 9.67. The fraction of sp³-hybridized carbons (Fsp3) is 0.273. The molecule has 0 bridgehead atoms. The second-order valence-corrected chi connectivity index (χ2v) is 5.77. The van der Waals surface area contributed by atoms with Crippen molar-refractivity contribution in [2.24, 2.45) is 0 Å². The molecule has 1 aromatic carbocycles. The first kappa shape index (κ1) is 15.6. The maximum Gasteiger partial charge on any atom is 0.270 e. The summed E-state index contributed by atoms with van der Waals surface area (Å²) in [6, 6.07) is 3.29. The molecule has 0 heterocycles. The molecule has 0 spiro atoms. The van der Waals surface area contributed by atoms with Gasteiger partial charge in [-0.25, -0.2) is 13.1 Å². The SMILES string of the molecule is C/C=C/CCNS(=O)(=O)c1cc([N+](=O)[O-])ccc1Cl. The Balaban J connectivity index is 3.00. The van der Waals surface area contributed by atoms with Gasteiger partial charge in [0, 0.05) is 18.7 Å². The lowest BCUT2D eigenvalue weighted by atomic mass is 10.3. The van der Waals surface area contributed by atoms with Gasteiger partial charge >= 0.3 is 0 Å². The summed E-state index contributed by atoms with van der Waals surface area (Å²) in [5.41, 5.74) is -0.321. The fourth-order valence-corrected chi connectivity index (χ4v) is 2.90. The van der Waals surface area contributed by atoms with E-state index in [1.165, 1.54) is 6.07 Å². The summed E-state index contributed by atoms with van der Waals surface area (Å²) in [5, 5.41) is 10.6. The van der Waals surface area contributed by atoms with E-state index in [0.717, 1.165) is 12.1 Å². The van der Waals surface area contributed by atoms with Crippen LogP contribution in [0.25, 0.3) is 0 Å². The van der Waals surface area contributed by atoms with Gasteiger partial charge in [-0.15, -0.1) is 0 Å². The third-order valence-corrected chi connectivity index (χ3v) is 4.20. The fourth-order valence-electron chi connectivity index (χ4n) is 1.33. The Hall–Kier alpha value is -1.44. The molecule has 0 fully saturated rings. The van der Waals surface area contributed by atoms with Crippen molar-refractivity contribution in [2.45, 2.75) is 18.2 Å². The Bertz CT molecular complexity index is 599. The molecule has 0 saturated carbocycles. The zero-order valence-corrected chi connectivity index (χ0v) is 11.7. The number of hydrogen-bond acceptors (Lipinski definition) is 4. The van der Waals surface area contributed by atoms with Gasteiger partial charge in [-0.1, -0.05) is 23.8 Å². The lowest BCUT2D eigenvalue weighted by Gasteiger charge is -2.07. The van der Waals surface area contributed by atoms with Crippen molar-refractivity contribution < 1.29 is 13.3 Å². The van der Waals surface area contributed by atoms with Gasteiger partial charge in [-0.2, -0.15) is 0 Å². The molecule has 0 aliphatic heterocycles. The summed E-state index contributed by atoms with van der Waals surface area (Å²) < 4.78 is 26.2. The van der Waals surface area contributed by atoms with E-state index in [4.69, 9.17) is 11.6 Å². The monoisotopic (exact) mass is 304 g/mol. The minimum absolute atomic E-state index is 0.0517. The number of nitro benzene ring substituents is 1. The second kappa shape index (κ2) is 6.65. The van der Waals surface area contributed by atoms with Crippen LogP contribution in [0, 0.1) is 10.1 Å². The van der Waals surface area contributed by atoms with Crippen LogP contribution in [0.5, 0.6) is 0 Å². The zero-order valence-electron chi connectivity index (χ0n) is 10.2. The molecule has 1 N–H and O–H groups in total. The lowest BCUT2D eigenvalue weighted by molar-refractivity contribution is -0.385. The first-order valence-corrected chi connectivity index (χ1v) is 7.29. The molecule has 8 heteroatoms. The summed E-state index contributed by atoms with van der Waals surface area (Å²) in [6.07, 6.45) is 4.13. The minimum Gasteiger partial charge on any atom is -0.258 e. The highest BCUT2D eigenvalue weighted by molar-refractivity contribution is 7.89. The molecule has 0 atom stereocenters. The molecular weight excluding hydrogens is 292 g/mol. The number of rotatable bonds is 6. The minimum atomic E-state index is -3.85. The van der Waals surface area contributed by atoms with E-state index in [2.05, 4.69) is 4.72 Å². The molecule has 19 heavy (non-hydrogen) atoms. The van der Waals surface area contributed by atoms with Crippen molar-refractivity contribution in [1.82, 2.24) is 4.72 Å². The number of non-ortho nitro benzene ring substituents is 1. The molecular formula is C11H13ClN2O4S. The van der Waals surface area contributed by atoms with Gasteiger partial charge in [-0.3, -0.25) is 10.1 Å². The van der Waals surface area contributed by atoms with Crippen LogP contribution >= 0.6 is 11.6 Å². The Kier molecular flexibility index (Phi) is 5.46. The zero-order chi connectivity index (χ0) is 14.5. The van der Waals surface area contributed by atoms with E-state index in [9.17, 15) is 18.5 Å². The van der Waals surface area contributed by atoms with E-state index >= 15 is 0 Å². The molecule has 0 aromatic heterocycles. The number of sulfonamides is 1. The van der Waals surface area contributed by atoms with Crippen LogP contribution in [0.3, 0.4) is 0 Å². The molecule has 1 aromatic rings. The number of nitrogens with zero attached hydrogens (tertiary/aromatic N) is 1. The highest BCUT2D eigenvalue weighted by Crippen LogP contribution is 2.25. The third-order valence-electron chi connectivity index (χ3n) is 2.25. The topological polar surface area (TPSA) is 89.3 Å². The third kappa shape index (κ3) is 4.30. The van der Waals surface area contributed by atoms with Crippen LogP contribution in [0.15, 0.2) is 35.2 Å². The van der Waals surface area contributed by atoms with E-state index in [1.807, 2.05) is 6.92 Å². The van der Waals surface area contributed by atoms with Gasteiger partial charge in [0.05, 0.1) is 9.95 Å². The van der Waals surface area contributed by atoms with Crippen molar-refractivity contribution in [3.8, 4) is 0 Å². The quantitative estimate of drug-likeness (QED) is 0.378.